The number of aromatic nitrogens is 2. The molecule has 0 bridgehead atoms. The van der Waals surface area contributed by atoms with E-state index in [0.29, 0.717) is 24.2 Å². The highest BCUT2D eigenvalue weighted by molar-refractivity contribution is 5.90. The van der Waals surface area contributed by atoms with Crippen LogP contribution in [0.5, 0.6) is 11.5 Å². The zero-order chi connectivity index (χ0) is 23.0. The Hall–Kier alpha value is -3.31. The number of amidine groups is 1. The third-order valence-electron chi connectivity index (χ3n) is 5.65. The highest BCUT2D eigenvalue weighted by Gasteiger charge is 2.34. The number of hydrogen-bond acceptors (Lipinski definition) is 7. The lowest BCUT2D eigenvalue weighted by Gasteiger charge is -2.26. The quantitative estimate of drug-likeness (QED) is 0.535. The van der Waals surface area contributed by atoms with E-state index >= 15 is 0 Å². The summed E-state index contributed by atoms with van der Waals surface area (Å²) in [7, 11) is 0. The number of hydrogen-bond donors (Lipinski definition) is 3. The molecule has 33 heavy (non-hydrogen) atoms. The van der Waals surface area contributed by atoms with Crippen LogP contribution in [-0.2, 0) is 9.47 Å². The van der Waals surface area contributed by atoms with Gasteiger partial charge in [-0.3, -0.25) is 0 Å². The van der Waals surface area contributed by atoms with Gasteiger partial charge in [-0.05, 0) is 18.1 Å². The molecule has 0 amide bonds. The number of benzene rings is 1. The standard InChI is InChI=1S/C22H21F3N4O4/c23-15-5-13(29-21-28-9-22(25,10-30)11-32-21)6-16(24)19(15)33-17-1-3-26-20-18(17)14(7-27-20)12-2-4-31-8-12/h1,3,5-7,12,30H,2,4,8-11H2,(H,26,27)(H,28,29). The summed E-state index contributed by atoms with van der Waals surface area (Å²) in [4.78, 5) is 11.2. The van der Waals surface area contributed by atoms with Crippen molar-refractivity contribution in [3.63, 3.8) is 0 Å². The molecule has 1 saturated heterocycles. The molecular weight excluding hydrogens is 441 g/mol. The van der Waals surface area contributed by atoms with Crippen LogP contribution in [0.25, 0.3) is 11.0 Å². The Balaban J connectivity index is 1.40. The van der Waals surface area contributed by atoms with Gasteiger partial charge in [0, 0.05) is 42.7 Å². The van der Waals surface area contributed by atoms with Crippen LogP contribution < -0.4 is 10.1 Å². The average molecular weight is 462 g/mol. The fraction of sp³-hybridized carbons (Fsp3) is 0.364. The lowest BCUT2D eigenvalue weighted by atomic mass is 9.98. The summed E-state index contributed by atoms with van der Waals surface area (Å²) in [5.41, 5.74) is -0.495. The number of halogens is 3. The highest BCUT2D eigenvalue weighted by Crippen LogP contribution is 2.39. The molecule has 2 aromatic heterocycles. The second kappa shape index (κ2) is 8.56. The van der Waals surface area contributed by atoms with E-state index in [0.717, 1.165) is 24.1 Å². The predicted molar refractivity (Wildman–Crippen MR) is 114 cm³/mol. The van der Waals surface area contributed by atoms with Crippen molar-refractivity contribution >= 4 is 22.7 Å². The van der Waals surface area contributed by atoms with Gasteiger partial charge in [0.1, 0.15) is 18.0 Å². The second-order valence-electron chi connectivity index (χ2n) is 8.05. The smallest absolute Gasteiger partial charge is 0.289 e. The SMILES string of the molecule is OCC1(F)CN=C(Nc2cc(F)c(Oc3ccnc4[nH]cc(C5CCOC5)c34)c(F)c2)OC1. The van der Waals surface area contributed by atoms with E-state index in [1.54, 1.807) is 6.07 Å². The molecule has 3 aromatic rings. The number of aliphatic hydroxyl groups is 1. The number of H-pyrrole nitrogens is 1. The third kappa shape index (κ3) is 4.21. The van der Waals surface area contributed by atoms with E-state index in [1.807, 2.05) is 6.20 Å². The Morgan fingerprint density at radius 2 is 2.12 bits per heavy atom. The summed E-state index contributed by atoms with van der Waals surface area (Å²) in [5, 5.41) is 12.3. The van der Waals surface area contributed by atoms with Gasteiger partial charge in [0.05, 0.1) is 25.1 Å². The summed E-state index contributed by atoms with van der Waals surface area (Å²) in [6.45, 7) is -0.297. The van der Waals surface area contributed by atoms with Crippen LogP contribution in [0, 0.1) is 11.6 Å². The van der Waals surface area contributed by atoms with Crippen molar-refractivity contribution in [1.82, 2.24) is 9.97 Å². The van der Waals surface area contributed by atoms with Crippen LogP contribution in [0.4, 0.5) is 18.9 Å². The molecule has 5 rings (SSSR count). The number of nitrogens with one attached hydrogen (secondary N) is 2. The maximum atomic E-state index is 14.8. The van der Waals surface area contributed by atoms with Gasteiger partial charge in [-0.25, -0.2) is 23.1 Å². The molecule has 8 nitrogen and oxygen atoms in total. The van der Waals surface area contributed by atoms with Crippen LogP contribution in [0.3, 0.4) is 0 Å². The van der Waals surface area contributed by atoms with E-state index in [9.17, 15) is 13.2 Å². The van der Waals surface area contributed by atoms with Crippen molar-refractivity contribution in [3.8, 4) is 11.5 Å². The molecule has 1 fully saturated rings. The molecule has 0 radical (unpaired) electrons. The lowest BCUT2D eigenvalue weighted by Crippen LogP contribution is -2.43. The molecule has 2 aliphatic heterocycles. The number of pyridine rings is 1. The fourth-order valence-electron chi connectivity index (χ4n) is 3.87. The number of anilines is 1. The number of aromatic amines is 1. The third-order valence-corrected chi connectivity index (χ3v) is 5.65. The summed E-state index contributed by atoms with van der Waals surface area (Å²) in [6.07, 6.45) is 4.14. The van der Waals surface area contributed by atoms with Gasteiger partial charge >= 0.3 is 0 Å². The molecule has 11 heteroatoms. The van der Waals surface area contributed by atoms with E-state index in [-0.39, 0.29) is 29.9 Å². The maximum Gasteiger partial charge on any atom is 0.289 e. The van der Waals surface area contributed by atoms with Crippen LogP contribution in [-0.4, -0.2) is 59.7 Å². The van der Waals surface area contributed by atoms with Gasteiger partial charge in [0.25, 0.3) is 6.02 Å². The first-order chi connectivity index (χ1) is 16.0. The van der Waals surface area contributed by atoms with E-state index in [4.69, 9.17) is 19.3 Å². The van der Waals surface area contributed by atoms with Crippen LogP contribution in [0.15, 0.2) is 35.6 Å². The Labute approximate surface area is 186 Å². The minimum atomic E-state index is -1.98. The first-order valence-corrected chi connectivity index (χ1v) is 10.4. The molecule has 0 spiro atoms. The average Bonchev–Trinajstić information content (AvgIpc) is 3.48. The fourth-order valence-corrected chi connectivity index (χ4v) is 3.87. The van der Waals surface area contributed by atoms with Gasteiger partial charge in [-0.15, -0.1) is 0 Å². The van der Waals surface area contributed by atoms with Crippen molar-refractivity contribution < 1.29 is 32.5 Å². The van der Waals surface area contributed by atoms with Crippen LogP contribution >= 0.6 is 0 Å². The first kappa shape index (κ1) is 21.5. The molecular formula is C22H21F3N4O4. The van der Waals surface area contributed by atoms with Gasteiger partial charge in [0.15, 0.2) is 23.1 Å². The number of ether oxygens (including phenoxy) is 3. The van der Waals surface area contributed by atoms with Gasteiger partial charge in [-0.2, -0.15) is 0 Å². The number of aliphatic hydroxyl groups excluding tert-OH is 1. The summed E-state index contributed by atoms with van der Waals surface area (Å²) < 4.78 is 59.9. The van der Waals surface area contributed by atoms with Crippen LogP contribution in [0.1, 0.15) is 17.9 Å². The van der Waals surface area contributed by atoms with Crippen molar-refractivity contribution in [2.45, 2.75) is 18.0 Å². The van der Waals surface area contributed by atoms with Crippen molar-refractivity contribution in [2.24, 2.45) is 4.99 Å². The minimum absolute atomic E-state index is 0.0109. The van der Waals surface area contributed by atoms with Crippen molar-refractivity contribution in [1.29, 1.82) is 0 Å². The molecule has 4 heterocycles. The summed E-state index contributed by atoms with van der Waals surface area (Å²) in [6, 6.07) is 3.50. The first-order valence-electron chi connectivity index (χ1n) is 10.4. The van der Waals surface area contributed by atoms with Crippen LogP contribution in [0.2, 0.25) is 0 Å². The minimum Gasteiger partial charge on any atom is -0.461 e. The number of nitrogens with zero attached hydrogens (tertiary/aromatic N) is 2. The molecule has 2 aliphatic rings. The Morgan fingerprint density at radius 3 is 2.79 bits per heavy atom. The van der Waals surface area contributed by atoms with Gasteiger partial charge in [0.2, 0.25) is 0 Å². The maximum absolute atomic E-state index is 14.8. The number of fused-ring (bicyclic) bond motifs is 1. The zero-order valence-electron chi connectivity index (χ0n) is 17.4. The van der Waals surface area contributed by atoms with Gasteiger partial charge < -0.3 is 29.6 Å². The van der Waals surface area contributed by atoms with Crippen molar-refractivity contribution in [3.05, 3.63) is 47.8 Å². The Kier molecular flexibility index (Phi) is 5.59. The molecule has 2 atom stereocenters. The lowest BCUT2D eigenvalue weighted by molar-refractivity contribution is 0.0181. The molecule has 2 unspecified atom stereocenters. The monoisotopic (exact) mass is 462 g/mol. The number of rotatable bonds is 5. The number of alkyl halides is 1. The topological polar surface area (TPSA) is 101 Å². The molecule has 174 valence electrons. The second-order valence-corrected chi connectivity index (χ2v) is 8.05. The van der Waals surface area contributed by atoms with E-state index < -0.39 is 36.3 Å². The van der Waals surface area contributed by atoms with Crippen molar-refractivity contribution in [2.75, 3.05) is 38.3 Å². The normalized spacial score (nSPS) is 22.8. The Morgan fingerprint density at radius 1 is 1.30 bits per heavy atom. The molecule has 0 saturated carbocycles. The van der Waals surface area contributed by atoms with E-state index in [1.165, 1.54) is 6.20 Å². The number of aliphatic imine (C=N–C) groups is 1. The zero-order valence-corrected chi connectivity index (χ0v) is 17.4. The highest BCUT2D eigenvalue weighted by atomic mass is 19.1. The van der Waals surface area contributed by atoms with E-state index in [2.05, 4.69) is 20.3 Å². The largest absolute Gasteiger partial charge is 0.461 e. The summed E-state index contributed by atoms with van der Waals surface area (Å²) >= 11 is 0. The Bertz CT molecular complexity index is 1190. The molecule has 1 aromatic carbocycles. The molecule has 3 N–H and O–H groups in total. The predicted octanol–water partition coefficient (Wildman–Crippen LogP) is 3.64. The summed E-state index contributed by atoms with van der Waals surface area (Å²) in [5.74, 6) is -2.06. The molecule has 0 aliphatic carbocycles. The van der Waals surface area contributed by atoms with Gasteiger partial charge in [-0.1, -0.05) is 0 Å².